The van der Waals surface area contributed by atoms with Crippen LogP contribution < -0.4 is 5.43 Å². The summed E-state index contributed by atoms with van der Waals surface area (Å²) in [5, 5.41) is 23.4. The van der Waals surface area contributed by atoms with Crippen LogP contribution in [0.5, 0.6) is 5.75 Å². The second kappa shape index (κ2) is 5.65. The molecule has 0 aliphatic heterocycles. The highest BCUT2D eigenvalue weighted by Crippen LogP contribution is 2.15. The van der Waals surface area contributed by atoms with E-state index in [0.29, 0.717) is 0 Å². The Bertz CT molecular complexity index is 677. The lowest BCUT2D eigenvalue weighted by molar-refractivity contribution is -0.402. The number of rotatable bonds is 4. The standard InChI is InChI=1S/C12H9N3O5/c16-10-4-2-1-3-9(10)12(17)14-13-7-8-5-6-11(20-8)15(18)19/h1-7,16H,(H,14,17)/b13-7-. The van der Waals surface area contributed by atoms with Crippen molar-refractivity contribution in [3.8, 4) is 5.75 Å². The maximum atomic E-state index is 11.6. The number of aromatic hydroxyl groups is 1. The topological polar surface area (TPSA) is 118 Å². The molecule has 0 fully saturated rings. The maximum absolute atomic E-state index is 11.6. The Morgan fingerprint density at radius 3 is 2.75 bits per heavy atom. The number of nitrogens with one attached hydrogen (secondary N) is 1. The lowest BCUT2D eigenvalue weighted by Crippen LogP contribution is -2.17. The van der Waals surface area contributed by atoms with Crippen molar-refractivity contribution in [1.82, 2.24) is 5.43 Å². The average Bonchev–Trinajstić information content (AvgIpc) is 2.88. The van der Waals surface area contributed by atoms with Crippen LogP contribution in [-0.2, 0) is 0 Å². The molecule has 0 atom stereocenters. The molecule has 102 valence electrons. The van der Waals surface area contributed by atoms with Gasteiger partial charge < -0.3 is 9.52 Å². The zero-order chi connectivity index (χ0) is 14.5. The molecule has 2 N–H and O–H groups in total. The molecule has 0 unspecified atom stereocenters. The number of phenolic OH excluding ortho intramolecular Hbond substituents is 1. The number of nitrogens with zero attached hydrogens (tertiary/aromatic N) is 2. The van der Waals surface area contributed by atoms with Crippen LogP contribution >= 0.6 is 0 Å². The van der Waals surface area contributed by atoms with Gasteiger partial charge in [0.1, 0.15) is 10.7 Å². The molecule has 2 aromatic rings. The molecular weight excluding hydrogens is 266 g/mol. The van der Waals surface area contributed by atoms with Crippen molar-refractivity contribution in [3.63, 3.8) is 0 Å². The quantitative estimate of drug-likeness (QED) is 0.499. The fourth-order valence-electron chi connectivity index (χ4n) is 1.39. The molecular formula is C12H9N3O5. The fourth-order valence-corrected chi connectivity index (χ4v) is 1.39. The third-order valence-electron chi connectivity index (χ3n) is 2.30. The second-order valence-corrected chi connectivity index (χ2v) is 3.65. The molecule has 0 saturated carbocycles. The molecule has 1 amide bonds. The second-order valence-electron chi connectivity index (χ2n) is 3.65. The number of furan rings is 1. The zero-order valence-corrected chi connectivity index (χ0v) is 10.0. The van der Waals surface area contributed by atoms with Gasteiger partial charge in [-0.05, 0) is 18.2 Å². The van der Waals surface area contributed by atoms with Gasteiger partial charge in [0, 0.05) is 0 Å². The van der Waals surface area contributed by atoms with Crippen LogP contribution in [0.1, 0.15) is 16.1 Å². The van der Waals surface area contributed by atoms with E-state index < -0.39 is 16.7 Å². The monoisotopic (exact) mass is 275 g/mol. The molecule has 20 heavy (non-hydrogen) atoms. The predicted molar refractivity (Wildman–Crippen MR) is 68.5 cm³/mol. The summed E-state index contributed by atoms with van der Waals surface area (Å²) in [6.07, 6.45) is 1.12. The van der Waals surface area contributed by atoms with Gasteiger partial charge in [0.05, 0.1) is 17.8 Å². The first kappa shape index (κ1) is 13.3. The van der Waals surface area contributed by atoms with Crippen molar-refractivity contribution in [2.45, 2.75) is 0 Å². The van der Waals surface area contributed by atoms with E-state index in [2.05, 4.69) is 10.5 Å². The largest absolute Gasteiger partial charge is 0.507 e. The van der Waals surface area contributed by atoms with E-state index in [1.54, 1.807) is 12.1 Å². The number of hydrazone groups is 1. The van der Waals surface area contributed by atoms with Gasteiger partial charge in [0.2, 0.25) is 0 Å². The summed E-state index contributed by atoms with van der Waals surface area (Å²) in [7, 11) is 0. The van der Waals surface area contributed by atoms with Crippen LogP contribution in [0.2, 0.25) is 0 Å². The van der Waals surface area contributed by atoms with Gasteiger partial charge in [0.25, 0.3) is 5.91 Å². The number of phenols is 1. The first-order valence-corrected chi connectivity index (χ1v) is 5.43. The Balaban J connectivity index is 2.01. The molecule has 1 aromatic carbocycles. The Labute approximate surface area is 112 Å². The Hall–Kier alpha value is -3.16. The van der Waals surface area contributed by atoms with Gasteiger partial charge in [-0.2, -0.15) is 5.10 Å². The number of amides is 1. The molecule has 2 rings (SSSR count). The Morgan fingerprint density at radius 1 is 1.35 bits per heavy atom. The number of carbonyl (C=O) groups excluding carboxylic acids is 1. The highest BCUT2D eigenvalue weighted by Gasteiger charge is 2.11. The van der Waals surface area contributed by atoms with Crippen LogP contribution in [0, 0.1) is 10.1 Å². The Kier molecular flexibility index (Phi) is 3.75. The summed E-state index contributed by atoms with van der Waals surface area (Å²) in [4.78, 5) is 21.4. The van der Waals surface area contributed by atoms with Gasteiger partial charge in [-0.1, -0.05) is 12.1 Å². The number of para-hydroxylation sites is 1. The van der Waals surface area contributed by atoms with E-state index in [1.807, 2.05) is 0 Å². The maximum Gasteiger partial charge on any atom is 0.433 e. The normalized spacial score (nSPS) is 10.6. The summed E-state index contributed by atoms with van der Waals surface area (Å²) in [5.74, 6) is -1.08. The van der Waals surface area contributed by atoms with Crippen molar-refractivity contribution in [3.05, 3.63) is 57.8 Å². The first-order chi connectivity index (χ1) is 9.58. The average molecular weight is 275 g/mol. The fraction of sp³-hybridized carbons (Fsp3) is 0. The van der Waals surface area contributed by atoms with E-state index in [0.717, 1.165) is 6.21 Å². The number of hydrogen-bond donors (Lipinski definition) is 2. The first-order valence-electron chi connectivity index (χ1n) is 5.43. The molecule has 1 heterocycles. The van der Waals surface area contributed by atoms with Crippen LogP contribution in [-0.4, -0.2) is 22.2 Å². The van der Waals surface area contributed by atoms with Crippen LogP contribution in [0.3, 0.4) is 0 Å². The van der Waals surface area contributed by atoms with Crippen molar-refractivity contribution in [1.29, 1.82) is 0 Å². The number of hydrogen-bond acceptors (Lipinski definition) is 6. The summed E-state index contributed by atoms with van der Waals surface area (Å²) < 4.78 is 4.81. The van der Waals surface area contributed by atoms with Crippen LogP contribution in [0.15, 0.2) is 45.9 Å². The zero-order valence-electron chi connectivity index (χ0n) is 10.0. The molecule has 0 radical (unpaired) electrons. The van der Waals surface area contributed by atoms with Crippen LogP contribution in [0.25, 0.3) is 0 Å². The molecule has 0 aliphatic carbocycles. The number of carbonyl (C=O) groups is 1. The summed E-state index contributed by atoms with van der Waals surface area (Å²) in [5.41, 5.74) is 2.23. The summed E-state index contributed by atoms with van der Waals surface area (Å²) >= 11 is 0. The van der Waals surface area contributed by atoms with Crippen molar-refractivity contribution >= 4 is 18.0 Å². The van der Waals surface area contributed by atoms with Crippen molar-refractivity contribution in [2.75, 3.05) is 0 Å². The van der Waals surface area contributed by atoms with Crippen LogP contribution in [0.4, 0.5) is 5.88 Å². The highest BCUT2D eigenvalue weighted by atomic mass is 16.6. The van der Waals surface area contributed by atoms with Gasteiger partial charge in [-0.3, -0.25) is 14.9 Å². The minimum Gasteiger partial charge on any atom is -0.507 e. The molecule has 1 aromatic heterocycles. The van der Waals surface area contributed by atoms with Gasteiger partial charge in [0.15, 0.2) is 5.76 Å². The van der Waals surface area contributed by atoms with Gasteiger partial charge in [-0.25, -0.2) is 5.43 Å². The Morgan fingerprint density at radius 2 is 2.10 bits per heavy atom. The van der Waals surface area contributed by atoms with Crippen molar-refractivity contribution in [2.24, 2.45) is 5.10 Å². The van der Waals surface area contributed by atoms with E-state index in [9.17, 15) is 20.0 Å². The number of nitro groups is 1. The van der Waals surface area contributed by atoms with Gasteiger partial charge in [-0.15, -0.1) is 0 Å². The van der Waals surface area contributed by atoms with E-state index in [1.165, 1.54) is 24.3 Å². The molecule has 0 saturated heterocycles. The number of benzene rings is 1. The molecule has 0 aliphatic rings. The molecule has 8 nitrogen and oxygen atoms in total. The molecule has 8 heteroatoms. The molecule has 0 bridgehead atoms. The predicted octanol–water partition coefficient (Wildman–Crippen LogP) is 1.66. The minimum absolute atomic E-state index is 0.0649. The third-order valence-corrected chi connectivity index (χ3v) is 2.30. The molecule has 0 spiro atoms. The lowest BCUT2D eigenvalue weighted by Gasteiger charge is -2.01. The van der Waals surface area contributed by atoms with E-state index in [4.69, 9.17) is 4.42 Å². The van der Waals surface area contributed by atoms with Crippen molar-refractivity contribution < 1.29 is 19.2 Å². The summed E-state index contributed by atoms with van der Waals surface area (Å²) in [6.45, 7) is 0. The SMILES string of the molecule is O=C(N/N=C\c1ccc([N+](=O)[O-])o1)c1ccccc1O. The smallest absolute Gasteiger partial charge is 0.433 e. The lowest BCUT2D eigenvalue weighted by atomic mass is 10.2. The van der Waals surface area contributed by atoms with E-state index in [-0.39, 0.29) is 17.1 Å². The summed E-state index contributed by atoms with van der Waals surface area (Å²) in [6, 6.07) is 8.48. The van der Waals surface area contributed by atoms with E-state index >= 15 is 0 Å². The van der Waals surface area contributed by atoms with Gasteiger partial charge >= 0.3 is 5.88 Å². The minimum atomic E-state index is -0.683. The highest BCUT2D eigenvalue weighted by molar-refractivity contribution is 5.97. The third kappa shape index (κ3) is 2.99.